The first kappa shape index (κ1) is 18.4. The predicted octanol–water partition coefficient (Wildman–Crippen LogP) is 2.48. The Kier molecular flexibility index (Phi) is 5.58. The SMILES string of the molecule is Cc1cc(S(=O)(=O)NCCOc2ccccc2)ccc1N1CCCC1=O. The summed E-state index contributed by atoms with van der Waals surface area (Å²) in [6.45, 7) is 2.91. The topological polar surface area (TPSA) is 75.7 Å². The Hall–Kier alpha value is -2.38. The van der Waals surface area contributed by atoms with Gasteiger partial charge in [0, 0.05) is 25.2 Å². The van der Waals surface area contributed by atoms with Crippen LogP contribution in [0.5, 0.6) is 5.75 Å². The van der Waals surface area contributed by atoms with Crippen molar-refractivity contribution >= 4 is 21.6 Å². The van der Waals surface area contributed by atoms with E-state index >= 15 is 0 Å². The minimum Gasteiger partial charge on any atom is -0.492 e. The van der Waals surface area contributed by atoms with Gasteiger partial charge >= 0.3 is 0 Å². The number of nitrogens with zero attached hydrogens (tertiary/aromatic N) is 1. The Morgan fingerprint density at radius 1 is 1.15 bits per heavy atom. The minimum atomic E-state index is -3.62. The molecule has 1 N–H and O–H groups in total. The number of benzene rings is 2. The Labute approximate surface area is 153 Å². The number of para-hydroxylation sites is 1. The largest absolute Gasteiger partial charge is 0.492 e. The molecule has 6 nitrogen and oxygen atoms in total. The van der Waals surface area contributed by atoms with Gasteiger partial charge < -0.3 is 9.64 Å². The van der Waals surface area contributed by atoms with Gasteiger partial charge in [0.15, 0.2) is 0 Å². The second kappa shape index (κ2) is 7.88. The van der Waals surface area contributed by atoms with E-state index in [1.165, 1.54) is 6.07 Å². The molecule has 0 unspecified atom stereocenters. The second-order valence-corrected chi connectivity index (χ2v) is 7.92. The van der Waals surface area contributed by atoms with E-state index in [9.17, 15) is 13.2 Å². The molecule has 0 aliphatic carbocycles. The molecule has 1 fully saturated rings. The molecule has 138 valence electrons. The summed E-state index contributed by atoms with van der Waals surface area (Å²) >= 11 is 0. The van der Waals surface area contributed by atoms with E-state index in [1.807, 2.05) is 37.3 Å². The van der Waals surface area contributed by atoms with Crippen LogP contribution in [0.3, 0.4) is 0 Å². The molecule has 1 aliphatic rings. The van der Waals surface area contributed by atoms with Crippen LogP contribution in [0.4, 0.5) is 5.69 Å². The average Bonchev–Trinajstić information content (AvgIpc) is 3.05. The molecule has 26 heavy (non-hydrogen) atoms. The maximum Gasteiger partial charge on any atom is 0.240 e. The molecule has 2 aromatic rings. The third kappa shape index (κ3) is 4.23. The number of carbonyl (C=O) groups excluding carboxylic acids is 1. The number of amides is 1. The molecule has 0 bridgehead atoms. The monoisotopic (exact) mass is 374 g/mol. The fourth-order valence-electron chi connectivity index (χ4n) is 2.95. The van der Waals surface area contributed by atoms with Crippen LogP contribution < -0.4 is 14.4 Å². The summed E-state index contributed by atoms with van der Waals surface area (Å²) in [6, 6.07) is 14.1. The quantitative estimate of drug-likeness (QED) is 0.756. The normalized spacial score (nSPS) is 14.7. The van der Waals surface area contributed by atoms with Crippen molar-refractivity contribution in [2.45, 2.75) is 24.7 Å². The van der Waals surface area contributed by atoms with E-state index in [2.05, 4.69) is 4.72 Å². The Bertz CT molecular complexity index is 882. The summed E-state index contributed by atoms with van der Waals surface area (Å²) in [5.41, 5.74) is 1.54. The van der Waals surface area contributed by atoms with Crippen LogP contribution in [0.2, 0.25) is 0 Å². The highest BCUT2D eigenvalue weighted by atomic mass is 32.2. The van der Waals surface area contributed by atoms with Gasteiger partial charge in [-0.25, -0.2) is 13.1 Å². The Morgan fingerprint density at radius 3 is 2.58 bits per heavy atom. The van der Waals surface area contributed by atoms with Crippen molar-refractivity contribution in [3.63, 3.8) is 0 Å². The van der Waals surface area contributed by atoms with Crippen LogP contribution in [-0.4, -0.2) is 34.0 Å². The molecule has 0 spiro atoms. The maximum atomic E-state index is 12.4. The van der Waals surface area contributed by atoms with Gasteiger partial charge in [-0.05, 0) is 49.2 Å². The second-order valence-electron chi connectivity index (χ2n) is 6.16. The first-order valence-corrected chi connectivity index (χ1v) is 10.0. The minimum absolute atomic E-state index is 0.0832. The summed E-state index contributed by atoms with van der Waals surface area (Å²) < 4.78 is 32.9. The number of aryl methyl sites for hydroxylation is 1. The summed E-state index contributed by atoms with van der Waals surface area (Å²) in [5, 5.41) is 0. The number of nitrogens with one attached hydrogen (secondary N) is 1. The van der Waals surface area contributed by atoms with E-state index < -0.39 is 10.0 Å². The number of rotatable bonds is 7. The molecule has 7 heteroatoms. The van der Waals surface area contributed by atoms with Crippen molar-refractivity contribution in [2.24, 2.45) is 0 Å². The fraction of sp³-hybridized carbons (Fsp3) is 0.316. The van der Waals surface area contributed by atoms with Gasteiger partial charge in [-0.15, -0.1) is 0 Å². The van der Waals surface area contributed by atoms with Crippen molar-refractivity contribution in [3.05, 3.63) is 54.1 Å². The van der Waals surface area contributed by atoms with Crippen LogP contribution >= 0.6 is 0 Å². The van der Waals surface area contributed by atoms with Crippen molar-refractivity contribution in [1.29, 1.82) is 0 Å². The first-order valence-electron chi connectivity index (χ1n) is 8.56. The van der Waals surface area contributed by atoms with E-state index in [0.29, 0.717) is 18.7 Å². The lowest BCUT2D eigenvalue weighted by Crippen LogP contribution is -2.29. The predicted molar refractivity (Wildman–Crippen MR) is 99.9 cm³/mol. The Balaban J connectivity index is 1.62. The molecule has 1 amide bonds. The van der Waals surface area contributed by atoms with Gasteiger partial charge in [-0.3, -0.25) is 4.79 Å². The summed E-state index contributed by atoms with van der Waals surface area (Å²) in [4.78, 5) is 13.8. The van der Waals surface area contributed by atoms with Crippen molar-refractivity contribution < 1.29 is 17.9 Å². The number of hydrogen-bond acceptors (Lipinski definition) is 4. The standard InChI is InChI=1S/C19H22N2O4S/c1-15-14-17(9-10-18(15)21-12-5-8-19(21)22)26(23,24)20-11-13-25-16-6-3-2-4-7-16/h2-4,6-7,9-10,14,20H,5,8,11-13H2,1H3. The zero-order valence-electron chi connectivity index (χ0n) is 14.6. The lowest BCUT2D eigenvalue weighted by atomic mass is 10.2. The van der Waals surface area contributed by atoms with Crippen LogP contribution in [0, 0.1) is 6.92 Å². The van der Waals surface area contributed by atoms with Crippen molar-refractivity contribution in [1.82, 2.24) is 4.72 Å². The molecular formula is C19H22N2O4S. The lowest BCUT2D eigenvalue weighted by Gasteiger charge is -2.19. The van der Waals surface area contributed by atoms with E-state index in [-0.39, 0.29) is 24.0 Å². The van der Waals surface area contributed by atoms with Crippen LogP contribution in [0.1, 0.15) is 18.4 Å². The highest BCUT2D eigenvalue weighted by Gasteiger charge is 2.24. The highest BCUT2D eigenvalue weighted by Crippen LogP contribution is 2.27. The van der Waals surface area contributed by atoms with Gasteiger partial charge in [-0.1, -0.05) is 18.2 Å². The summed E-state index contributed by atoms with van der Waals surface area (Å²) in [7, 11) is -3.62. The van der Waals surface area contributed by atoms with Crippen LogP contribution in [0.15, 0.2) is 53.4 Å². The van der Waals surface area contributed by atoms with Crippen molar-refractivity contribution in [3.8, 4) is 5.75 Å². The summed E-state index contributed by atoms with van der Waals surface area (Å²) in [5.74, 6) is 0.780. The molecule has 0 aromatic heterocycles. The molecule has 0 radical (unpaired) electrons. The molecule has 0 atom stereocenters. The molecular weight excluding hydrogens is 352 g/mol. The average molecular weight is 374 g/mol. The molecule has 1 aliphatic heterocycles. The smallest absolute Gasteiger partial charge is 0.240 e. The third-order valence-corrected chi connectivity index (χ3v) is 5.71. The summed E-state index contributed by atoms with van der Waals surface area (Å²) in [6.07, 6.45) is 1.38. The van der Waals surface area contributed by atoms with Crippen molar-refractivity contribution in [2.75, 3.05) is 24.6 Å². The van der Waals surface area contributed by atoms with Gasteiger partial charge in [0.2, 0.25) is 15.9 Å². The number of carbonyl (C=O) groups is 1. The Morgan fingerprint density at radius 2 is 1.92 bits per heavy atom. The molecule has 1 saturated heterocycles. The number of anilines is 1. The van der Waals surface area contributed by atoms with Gasteiger partial charge in [-0.2, -0.15) is 0 Å². The number of sulfonamides is 1. The fourth-order valence-corrected chi connectivity index (χ4v) is 4.04. The molecule has 2 aromatic carbocycles. The van der Waals surface area contributed by atoms with Gasteiger partial charge in [0.1, 0.15) is 12.4 Å². The maximum absolute atomic E-state index is 12.4. The molecule has 3 rings (SSSR count). The molecule has 1 heterocycles. The zero-order chi connectivity index (χ0) is 18.6. The van der Waals surface area contributed by atoms with Gasteiger partial charge in [0.25, 0.3) is 0 Å². The van der Waals surface area contributed by atoms with Crippen LogP contribution in [0.25, 0.3) is 0 Å². The number of ether oxygens (including phenoxy) is 1. The lowest BCUT2D eigenvalue weighted by molar-refractivity contribution is -0.117. The van der Waals surface area contributed by atoms with E-state index in [4.69, 9.17) is 4.74 Å². The third-order valence-electron chi connectivity index (χ3n) is 4.25. The number of hydrogen-bond donors (Lipinski definition) is 1. The van der Waals surface area contributed by atoms with Crippen LogP contribution in [-0.2, 0) is 14.8 Å². The zero-order valence-corrected chi connectivity index (χ0v) is 15.5. The van der Waals surface area contributed by atoms with Gasteiger partial charge in [0.05, 0.1) is 4.90 Å². The van der Waals surface area contributed by atoms with E-state index in [0.717, 1.165) is 17.7 Å². The first-order chi connectivity index (χ1) is 12.5. The highest BCUT2D eigenvalue weighted by molar-refractivity contribution is 7.89. The van der Waals surface area contributed by atoms with E-state index in [1.54, 1.807) is 17.0 Å². The molecule has 0 saturated carbocycles.